The average molecular weight is 360 g/mol. The largest absolute Gasteiger partial charge is 0.468 e. The maximum atomic E-state index is 12.2. The van der Waals surface area contributed by atoms with Crippen molar-refractivity contribution in [2.45, 2.75) is 24.5 Å². The van der Waals surface area contributed by atoms with Crippen LogP contribution in [-0.4, -0.2) is 26.2 Å². The van der Waals surface area contributed by atoms with Crippen LogP contribution in [0.1, 0.15) is 11.1 Å². The Labute approximate surface area is 137 Å². The van der Waals surface area contributed by atoms with E-state index in [1.165, 1.54) is 30.5 Å². The Balaban J connectivity index is 2.10. The number of alkyl halides is 3. The Morgan fingerprint density at radius 2 is 1.83 bits per heavy atom. The zero-order valence-corrected chi connectivity index (χ0v) is 13.5. The van der Waals surface area contributed by atoms with Crippen molar-refractivity contribution in [3.8, 4) is 5.88 Å². The van der Waals surface area contributed by atoms with Crippen LogP contribution in [-0.2, 0) is 16.6 Å². The molecule has 0 saturated carbocycles. The predicted octanol–water partition coefficient (Wildman–Crippen LogP) is 2.81. The van der Waals surface area contributed by atoms with E-state index in [1.807, 2.05) is 6.92 Å². The molecule has 0 spiro atoms. The molecule has 0 bridgehead atoms. The molecule has 5 nitrogen and oxygen atoms in total. The highest BCUT2D eigenvalue weighted by Gasteiger charge is 2.29. The van der Waals surface area contributed by atoms with Crippen molar-refractivity contribution in [3.05, 3.63) is 53.7 Å². The van der Waals surface area contributed by atoms with Gasteiger partial charge in [-0.25, -0.2) is 18.1 Å². The summed E-state index contributed by atoms with van der Waals surface area (Å²) < 4.78 is 68.0. The molecule has 1 aromatic carbocycles. The maximum Gasteiger partial charge on any atom is 0.422 e. The number of halogens is 3. The minimum absolute atomic E-state index is 0.0646. The Bertz CT molecular complexity index is 790. The molecule has 0 unspecified atom stereocenters. The van der Waals surface area contributed by atoms with Crippen LogP contribution >= 0.6 is 0 Å². The number of hydrogen-bond donors (Lipinski definition) is 1. The number of benzene rings is 1. The molecule has 0 saturated heterocycles. The fourth-order valence-electron chi connectivity index (χ4n) is 1.81. The molecule has 1 heterocycles. The van der Waals surface area contributed by atoms with E-state index in [0.29, 0.717) is 0 Å². The van der Waals surface area contributed by atoms with Crippen LogP contribution in [0.4, 0.5) is 13.2 Å². The zero-order chi connectivity index (χ0) is 17.8. The first-order valence-corrected chi connectivity index (χ1v) is 8.35. The Hall–Kier alpha value is -2.13. The third-order valence-electron chi connectivity index (χ3n) is 3.01. The number of nitrogens with zero attached hydrogens (tertiary/aromatic N) is 1. The number of aromatic nitrogens is 1. The third kappa shape index (κ3) is 5.20. The Morgan fingerprint density at radius 1 is 1.17 bits per heavy atom. The van der Waals surface area contributed by atoms with Gasteiger partial charge in [-0.05, 0) is 25.1 Å². The van der Waals surface area contributed by atoms with Crippen LogP contribution in [0.2, 0.25) is 0 Å². The summed E-state index contributed by atoms with van der Waals surface area (Å²) in [6.45, 7) is 0.0860. The first-order valence-electron chi connectivity index (χ1n) is 6.87. The molecule has 0 aliphatic rings. The lowest BCUT2D eigenvalue weighted by Crippen LogP contribution is -2.24. The lowest BCUT2D eigenvalue weighted by molar-refractivity contribution is -0.154. The summed E-state index contributed by atoms with van der Waals surface area (Å²) in [4.78, 5) is 3.77. The molecule has 9 heteroatoms. The predicted molar refractivity (Wildman–Crippen MR) is 81.0 cm³/mol. The fraction of sp³-hybridized carbons (Fsp3) is 0.267. The van der Waals surface area contributed by atoms with Crippen molar-refractivity contribution in [1.29, 1.82) is 0 Å². The summed E-state index contributed by atoms with van der Waals surface area (Å²) in [5, 5.41) is 0. The van der Waals surface area contributed by atoms with Crippen molar-refractivity contribution in [2.24, 2.45) is 0 Å². The van der Waals surface area contributed by atoms with Gasteiger partial charge >= 0.3 is 6.18 Å². The number of nitrogens with one attached hydrogen (secondary N) is 1. The summed E-state index contributed by atoms with van der Waals surface area (Å²) in [7, 11) is -3.79. The van der Waals surface area contributed by atoms with Crippen LogP contribution in [0.15, 0.2) is 47.5 Å². The van der Waals surface area contributed by atoms with E-state index in [0.717, 1.165) is 5.56 Å². The monoisotopic (exact) mass is 360 g/mol. The smallest absolute Gasteiger partial charge is 0.422 e. The molecule has 2 aromatic rings. The zero-order valence-electron chi connectivity index (χ0n) is 12.7. The molecule has 0 aliphatic carbocycles. The fourth-order valence-corrected chi connectivity index (χ4v) is 2.82. The number of pyridine rings is 1. The van der Waals surface area contributed by atoms with Gasteiger partial charge in [0.1, 0.15) is 0 Å². The molecule has 0 amide bonds. The summed E-state index contributed by atoms with van der Waals surface area (Å²) in [6, 6.07) is 9.11. The normalized spacial score (nSPS) is 12.2. The molecule has 1 aromatic heterocycles. The van der Waals surface area contributed by atoms with Gasteiger partial charge in [0.2, 0.25) is 15.9 Å². The number of ether oxygens (including phenoxy) is 1. The molecule has 24 heavy (non-hydrogen) atoms. The van der Waals surface area contributed by atoms with Gasteiger partial charge in [-0.1, -0.05) is 23.8 Å². The van der Waals surface area contributed by atoms with Crippen molar-refractivity contribution < 1.29 is 26.3 Å². The minimum Gasteiger partial charge on any atom is -0.468 e. The first kappa shape index (κ1) is 18.2. The van der Waals surface area contributed by atoms with Crippen LogP contribution < -0.4 is 9.46 Å². The van der Waals surface area contributed by atoms with Gasteiger partial charge < -0.3 is 4.74 Å². The van der Waals surface area contributed by atoms with Gasteiger partial charge in [0, 0.05) is 18.3 Å². The molecular formula is C15H15F3N2O3S. The molecule has 2 rings (SSSR count). The van der Waals surface area contributed by atoms with Gasteiger partial charge in [0.15, 0.2) is 6.61 Å². The summed E-state index contributed by atoms with van der Waals surface area (Å²) >= 11 is 0. The van der Waals surface area contributed by atoms with Gasteiger partial charge in [0.25, 0.3) is 0 Å². The highest BCUT2D eigenvalue weighted by Crippen LogP contribution is 2.20. The Morgan fingerprint density at radius 3 is 2.46 bits per heavy atom. The van der Waals surface area contributed by atoms with Crippen molar-refractivity contribution in [1.82, 2.24) is 9.71 Å². The van der Waals surface area contributed by atoms with Gasteiger partial charge in [-0.2, -0.15) is 13.2 Å². The van der Waals surface area contributed by atoms with E-state index in [4.69, 9.17) is 0 Å². The van der Waals surface area contributed by atoms with Crippen LogP contribution in [0.25, 0.3) is 0 Å². The second kappa shape index (κ2) is 7.18. The molecule has 0 atom stereocenters. The van der Waals surface area contributed by atoms with Crippen molar-refractivity contribution >= 4 is 10.0 Å². The van der Waals surface area contributed by atoms with E-state index in [9.17, 15) is 21.6 Å². The standard InChI is InChI=1S/C15H15F3N2O3S/c1-11-4-6-13(7-5-11)24(21,22)20-9-12-3-2-8-19-14(12)23-10-15(16,17)18/h2-8,20H,9-10H2,1H3. The number of rotatable bonds is 6. The SMILES string of the molecule is Cc1ccc(S(=O)(=O)NCc2cccnc2OCC(F)(F)F)cc1. The molecule has 0 radical (unpaired) electrons. The number of sulfonamides is 1. The second-order valence-corrected chi connectivity index (χ2v) is 6.78. The van der Waals surface area contributed by atoms with Crippen LogP contribution in [0.5, 0.6) is 5.88 Å². The highest BCUT2D eigenvalue weighted by molar-refractivity contribution is 7.89. The maximum absolute atomic E-state index is 12.2. The van der Waals surface area contributed by atoms with Crippen LogP contribution in [0, 0.1) is 6.92 Å². The van der Waals surface area contributed by atoms with Crippen molar-refractivity contribution in [3.63, 3.8) is 0 Å². The van der Waals surface area contributed by atoms with Gasteiger partial charge in [-0.15, -0.1) is 0 Å². The topological polar surface area (TPSA) is 68.3 Å². The average Bonchev–Trinajstić information content (AvgIpc) is 2.51. The molecular weight excluding hydrogens is 345 g/mol. The van der Waals surface area contributed by atoms with E-state index in [2.05, 4.69) is 14.4 Å². The lowest BCUT2D eigenvalue weighted by atomic mass is 10.2. The highest BCUT2D eigenvalue weighted by atomic mass is 32.2. The van der Waals surface area contributed by atoms with Gasteiger partial charge in [0.05, 0.1) is 4.90 Å². The number of hydrogen-bond acceptors (Lipinski definition) is 4. The third-order valence-corrected chi connectivity index (χ3v) is 4.42. The Kier molecular flexibility index (Phi) is 5.45. The van der Waals surface area contributed by atoms with Crippen LogP contribution in [0.3, 0.4) is 0 Å². The van der Waals surface area contributed by atoms with Crippen molar-refractivity contribution in [2.75, 3.05) is 6.61 Å². The second-order valence-electron chi connectivity index (χ2n) is 5.01. The van der Waals surface area contributed by atoms with E-state index in [-0.39, 0.29) is 22.9 Å². The molecule has 0 fully saturated rings. The molecule has 130 valence electrons. The molecule has 0 aliphatic heterocycles. The molecule has 1 N–H and O–H groups in total. The van der Waals surface area contributed by atoms with E-state index >= 15 is 0 Å². The summed E-state index contributed by atoms with van der Waals surface area (Å²) in [5.74, 6) is -0.263. The summed E-state index contributed by atoms with van der Waals surface area (Å²) in [6.07, 6.45) is -3.24. The lowest BCUT2D eigenvalue weighted by Gasteiger charge is -2.12. The van der Waals surface area contributed by atoms with E-state index in [1.54, 1.807) is 12.1 Å². The summed E-state index contributed by atoms with van der Waals surface area (Å²) in [5.41, 5.74) is 1.11. The minimum atomic E-state index is -4.50. The quantitative estimate of drug-likeness (QED) is 0.860. The number of aryl methyl sites for hydroxylation is 1. The first-order chi connectivity index (χ1) is 11.2. The van der Waals surface area contributed by atoms with E-state index < -0.39 is 22.8 Å². The van der Waals surface area contributed by atoms with Gasteiger partial charge in [-0.3, -0.25) is 0 Å².